The zero-order valence-electron chi connectivity index (χ0n) is 28.8. The van der Waals surface area contributed by atoms with Crippen LogP contribution in [0.1, 0.15) is 65.8 Å². The third-order valence-corrected chi connectivity index (χ3v) is 7.13. The van der Waals surface area contributed by atoms with Crippen LogP contribution >= 0.6 is 0 Å². The third kappa shape index (κ3) is 11.4. The van der Waals surface area contributed by atoms with Crippen molar-refractivity contribution in [2.24, 2.45) is 0 Å². The van der Waals surface area contributed by atoms with Crippen molar-refractivity contribution < 1.29 is 80.9 Å². The van der Waals surface area contributed by atoms with E-state index < -0.39 is 116 Å². The quantitative estimate of drug-likeness (QED) is 0.208. The number of hydrogen-bond donors (Lipinski definition) is 0. The minimum absolute atomic E-state index is 0.0658. The molecule has 0 aromatic carbocycles. The van der Waals surface area contributed by atoms with Crippen LogP contribution in [0.4, 0.5) is 0 Å². The first-order valence-electron chi connectivity index (χ1n) is 15.5. The van der Waals surface area contributed by atoms with Crippen LogP contribution in [-0.2, 0) is 80.9 Å². The Morgan fingerprint density at radius 3 is 1.57 bits per heavy atom. The molecule has 0 unspecified atom stereocenters. The number of hydrogen-bond acceptors (Lipinski definition) is 19. The maximum absolute atomic E-state index is 12.6. The number of nitrogens with zero attached hydrogens (tertiary/aromatic N) is 2. The topological polar surface area (TPSA) is 248 Å². The van der Waals surface area contributed by atoms with Crippen molar-refractivity contribution in [2.45, 2.75) is 110 Å². The lowest BCUT2D eigenvalue weighted by molar-refractivity contribution is -0.345. The summed E-state index contributed by atoms with van der Waals surface area (Å²) in [6, 6.07) is 4.70. The fourth-order valence-corrected chi connectivity index (χ4v) is 5.42. The zero-order chi connectivity index (χ0) is 38.0. The van der Waals surface area contributed by atoms with Crippen LogP contribution in [0.25, 0.3) is 0 Å². The third-order valence-electron chi connectivity index (χ3n) is 7.13. The standard InChI is InChI=1S/C32H38N2O17/c1-14(35)42-12-23-27(29(46-18(5)39)28(45-17(4)38)25(49-23)22-10-21(11-33)8-9-34-22)51-32-31(48-20(7)41)30(47-19(6)40)26(44-16(3)37)24(50-32)13-43-15(2)36/h8-10,23-32H,12-13H2,1-7H3/t23-,24-,25-,26-,27-,28+,29+,30+,31-,32-/m1/s1. The normalized spacial score (nSPS) is 28.5. The first kappa shape index (κ1) is 40.2. The van der Waals surface area contributed by atoms with E-state index >= 15 is 0 Å². The van der Waals surface area contributed by atoms with Crippen LogP contribution < -0.4 is 0 Å². The number of carbonyl (C=O) groups excluding carboxylic acids is 7. The van der Waals surface area contributed by atoms with Crippen LogP contribution in [0.3, 0.4) is 0 Å². The van der Waals surface area contributed by atoms with Crippen LogP contribution in [0, 0.1) is 11.3 Å². The van der Waals surface area contributed by atoms with Gasteiger partial charge in [-0.2, -0.15) is 5.26 Å². The highest BCUT2D eigenvalue weighted by Crippen LogP contribution is 2.39. The summed E-state index contributed by atoms with van der Waals surface area (Å²) in [4.78, 5) is 89.8. The number of nitriles is 1. The molecule has 0 amide bonds. The molecular formula is C32H38N2O17. The molecule has 19 heteroatoms. The second kappa shape index (κ2) is 18.2. The van der Waals surface area contributed by atoms with E-state index in [0.717, 1.165) is 48.5 Å². The van der Waals surface area contributed by atoms with Gasteiger partial charge in [0.2, 0.25) is 0 Å². The predicted molar refractivity (Wildman–Crippen MR) is 161 cm³/mol. The van der Waals surface area contributed by atoms with E-state index in [1.54, 1.807) is 0 Å². The number of carbonyl (C=O) groups is 7. The summed E-state index contributed by atoms with van der Waals surface area (Å²) in [6.45, 7) is 6.28. The molecule has 1 aromatic heterocycles. The lowest BCUT2D eigenvalue weighted by Gasteiger charge is -2.48. The van der Waals surface area contributed by atoms with E-state index in [1.165, 1.54) is 18.3 Å². The van der Waals surface area contributed by atoms with Gasteiger partial charge in [-0.25, -0.2) is 0 Å². The Kier molecular flexibility index (Phi) is 14.3. The molecule has 0 spiro atoms. The average molecular weight is 723 g/mol. The molecule has 0 saturated carbocycles. The molecule has 3 heterocycles. The van der Waals surface area contributed by atoms with Gasteiger partial charge in [-0.3, -0.25) is 38.5 Å². The van der Waals surface area contributed by atoms with Crippen LogP contribution in [0.5, 0.6) is 0 Å². The molecule has 0 bridgehead atoms. The van der Waals surface area contributed by atoms with Crippen molar-refractivity contribution in [1.29, 1.82) is 5.26 Å². The van der Waals surface area contributed by atoms with E-state index in [0.29, 0.717) is 0 Å². The van der Waals surface area contributed by atoms with Gasteiger partial charge in [0.15, 0.2) is 36.8 Å². The number of esters is 7. The van der Waals surface area contributed by atoms with Gasteiger partial charge >= 0.3 is 41.8 Å². The summed E-state index contributed by atoms with van der Waals surface area (Å²) in [6.07, 6.45) is -14.3. The minimum Gasteiger partial charge on any atom is -0.463 e. The minimum atomic E-state index is -1.81. The SMILES string of the molecule is CC(=O)OC[C@H]1O[C@H](c2cc(C#N)ccn2)[C@H](OC(C)=O)[C@@H](OC(C)=O)[C@@H]1O[C@H]1O[C@H](COC(C)=O)[C@@H](OC(C)=O)[C@H](OC(C)=O)[C@H]1OC(C)=O. The lowest BCUT2D eigenvalue weighted by Crippen LogP contribution is -2.66. The molecule has 0 N–H and O–H groups in total. The van der Waals surface area contributed by atoms with Crippen molar-refractivity contribution in [3.8, 4) is 6.07 Å². The summed E-state index contributed by atoms with van der Waals surface area (Å²) in [5.74, 6) is -5.95. The van der Waals surface area contributed by atoms with E-state index in [-0.39, 0.29) is 11.3 Å². The van der Waals surface area contributed by atoms with E-state index in [4.69, 9.17) is 47.4 Å². The monoisotopic (exact) mass is 722 g/mol. The van der Waals surface area contributed by atoms with Gasteiger partial charge in [0.1, 0.15) is 37.6 Å². The number of pyridine rings is 1. The van der Waals surface area contributed by atoms with Gasteiger partial charge in [-0.15, -0.1) is 0 Å². The Morgan fingerprint density at radius 1 is 0.627 bits per heavy atom. The van der Waals surface area contributed by atoms with Gasteiger partial charge in [0, 0.05) is 54.7 Å². The summed E-state index contributed by atoms with van der Waals surface area (Å²) in [5.41, 5.74) is 0.220. The Labute approximate surface area is 291 Å². The Morgan fingerprint density at radius 2 is 1.08 bits per heavy atom. The van der Waals surface area contributed by atoms with E-state index in [9.17, 15) is 38.8 Å². The molecule has 19 nitrogen and oxygen atoms in total. The molecule has 10 atom stereocenters. The van der Waals surface area contributed by atoms with Gasteiger partial charge in [-0.1, -0.05) is 0 Å². The average Bonchev–Trinajstić information content (AvgIpc) is 3.02. The summed E-state index contributed by atoms with van der Waals surface area (Å²) >= 11 is 0. The highest BCUT2D eigenvalue weighted by molar-refractivity contribution is 5.69. The van der Waals surface area contributed by atoms with Crippen LogP contribution in [0.2, 0.25) is 0 Å². The second-order valence-electron chi connectivity index (χ2n) is 11.3. The molecule has 3 rings (SSSR count). The fraction of sp³-hybridized carbons (Fsp3) is 0.594. The van der Waals surface area contributed by atoms with Gasteiger partial charge < -0.3 is 47.4 Å². The highest BCUT2D eigenvalue weighted by Gasteiger charge is 2.57. The Balaban J connectivity index is 2.22. The molecule has 2 saturated heterocycles. The van der Waals surface area contributed by atoms with Gasteiger partial charge in [0.25, 0.3) is 0 Å². The first-order valence-corrected chi connectivity index (χ1v) is 15.5. The first-order chi connectivity index (χ1) is 24.0. The Hall–Kier alpha value is -5.19. The van der Waals surface area contributed by atoms with Crippen LogP contribution in [-0.4, -0.2) is 115 Å². The number of rotatable bonds is 12. The van der Waals surface area contributed by atoms with Gasteiger partial charge in [0.05, 0.1) is 17.3 Å². The molecule has 51 heavy (non-hydrogen) atoms. The molecular weight excluding hydrogens is 684 g/mol. The van der Waals surface area contributed by atoms with Crippen molar-refractivity contribution in [1.82, 2.24) is 4.98 Å². The second-order valence-corrected chi connectivity index (χ2v) is 11.3. The van der Waals surface area contributed by atoms with Crippen LogP contribution in [0.15, 0.2) is 18.3 Å². The predicted octanol–water partition coefficient (Wildman–Crippen LogP) is 0.288. The Bertz CT molecular complexity index is 1520. The van der Waals surface area contributed by atoms with Crippen molar-refractivity contribution in [2.75, 3.05) is 13.2 Å². The van der Waals surface area contributed by atoms with Crippen molar-refractivity contribution >= 4 is 41.8 Å². The molecule has 2 aliphatic heterocycles. The summed E-state index contributed by atoms with van der Waals surface area (Å²) < 4.78 is 56.5. The fourth-order valence-electron chi connectivity index (χ4n) is 5.42. The van der Waals surface area contributed by atoms with Crippen molar-refractivity contribution in [3.63, 3.8) is 0 Å². The maximum atomic E-state index is 12.6. The molecule has 1 aromatic rings. The van der Waals surface area contributed by atoms with E-state index in [2.05, 4.69) is 4.98 Å². The highest BCUT2D eigenvalue weighted by atomic mass is 16.8. The zero-order valence-corrected chi connectivity index (χ0v) is 28.8. The maximum Gasteiger partial charge on any atom is 0.303 e. The molecule has 0 radical (unpaired) electrons. The lowest BCUT2D eigenvalue weighted by atomic mass is 9.91. The number of ether oxygens (including phenoxy) is 10. The van der Waals surface area contributed by atoms with Crippen molar-refractivity contribution in [3.05, 3.63) is 29.6 Å². The summed E-state index contributed by atoms with van der Waals surface area (Å²) in [5, 5.41) is 9.50. The molecule has 278 valence electrons. The van der Waals surface area contributed by atoms with Gasteiger partial charge in [-0.05, 0) is 12.1 Å². The van der Waals surface area contributed by atoms with E-state index in [1.807, 2.05) is 6.07 Å². The summed E-state index contributed by atoms with van der Waals surface area (Å²) in [7, 11) is 0. The molecule has 2 aliphatic rings. The largest absolute Gasteiger partial charge is 0.463 e. The number of aromatic nitrogens is 1. The molecule has 2 fully saturated rings. The molecule has 0 aliphatic carbocycles. The smallest absolute Gasteiger partial charge is 0.303 e.